The van der Waals surface area contributed by atoms with Crippen LogP contribution in [-0.4, -0.2) is 35.9 Å². The normalized spacial score (nSPS) is 19.3. The highest BCUT2D eigenvalue weighted by molar-refractivity contribution is 5.50. The van der Waals surface area contributed by atoms with Gasteiger partial charge in [0.25, 0.3) is 0 Å². The highest BCUT2D eigenvalue weighted by Gasteiger charge is 2.67. The van der Waals surface area contributed by atoms with Crippen LogP contribution in [0.15, 0.2) is 48.5 Å². The van der Waals surface area contributed by atoms with Crippen molar-refractivity contribution in [2.75, 3.05) is 6.54 Å². The molecule has 7 heteroatoms. The van der Waals surface area contributed by atoms with E-state index in [-0.39, 0.29) is 60.9 Å². The van der Waals surface area contributed by atoms with Crippen LogP contribution in [0.3, 0.4) is 0 Å². The Bertz CT molecular complexity index is 1000. The first-order valence-corrected chi connectivity index (χ1v) is 13.4. The lowest BCUT2D eigenvalue weighted by atomic mass is 9.80. The summed E-state index contributed by atoms with van der Waals surface area (Å²) in [7, 11) is 0. The van der Waals surface area contributed by atoms with Gasteiger partial charge in [-0.15, -0.1) is 0 Å². The Morgan fingerprint density at radius 2 is 1.27 bits per heavy atom. The molecule has 0 spiro atoms. The Morgan fingerprint density at radius 1 is 0.757 bits per heavy atom. The van der Waals surface area contributed by atoms with Crippen LogP contribution in [0.5, 0.6) is 0 Å². The minimum Gasteiger partial charge on any atom is -0.298 e. The highest BCUT2D eigenvalue weighted by atomic mass is 19.4. The summed E-state index contributed by atoms with van der Waals surface area (Å²) in [6.45, 7) is 7.02. The second kappa shape index (κ2) is 10.3. The van der Waals surface area contributed by atoms with Gasteiger partial charge in [0.2, 0.25) is 0 Å². The number of halogens is 6. The molecule has 0 aliphatic heterocycles. The molecule has 2 saturated carbocycles. The molecule has 4 rings (SSSR count). The van der Waals surface area contributed by atoms with Crippen LogP contribution in [0, 0.1) is 0 Å². The Morgan fingerprint density at radius 3 is 1.68 bits per heavy atom. The number of rotatable bonds is 11. The Balaban J connectivity index is 1.64. The second-order valence-electron chi connectivity index (χ2n) is 11.2. The van der Waals surface area contributed by atoms with Crippen molar-refractivity contribution in [1.29, 1.82) is 0 Å². The number of nitrogens with zero attached hydrogens (tertiary/aromatic N) is 1. The Hall–Kier alpha value is -2.02. The molecule has 37 heavy (non-hydrogen) atoms. The summed E-state index contributed by atoms with van der Waals surface area (Å²) in [6.07, 6.45) is -6.82. The predicted molar refractivity (Wildman–Crippen MR) is 135 cm³/mol. The molecule has 2 aliphatic carbocycles. The largest absolute Gasteiger partial charge is 0.398 e. The zero-order chi connectivity index (χ0) is 27.1. The van der Waals surface area contributed by atoms with E-state index in [2.05, 4.69) is 30.9 Å². The standard InChI is InChI=1S/C30H37F6N/c1-4-23(37(21(2)3)20-15-22-9-6-5-7-10-22)13-14-24-25(27(16-17-27)29(31,32)33)11-8-12-26(24)28(18-19-28)30(34,35)36/h5-12,21,23H,4,13-20H2,1-3H3. The second-order valence-corrected chi connectivity index (χ2v) is 11.2. The van der Waals surface area contributed by atoms with E-state index in [9.17, 15) is 26.3 Å². The quantitative estimate of drug-likeness (QED) is 0.266. The maximum atomic E-state index is 14.2. The van der Waals surface area contributed by atoms with Gasteiger partial charge in [-0.05, 0) is 87.5 Å². The molecule has 0 N–H and O–H groups in total. The molecule has 2 aromatic rings. The molecule has 0 bridgehead atoms. The molecule has 1 nitrogen and oxygen atoms in total. The minimum absolute atomic E-state index is 0.0572. The molecule has 0 amide bonds. The van der Waals surface area contributed by atoms with Crippen molar-refractivity contribution in [3.05, 3.63) is 70.8 Å². The van der Waals surface area contributed by atoms with E-state index >= 15 is 0 Å². The Kier molecular flexibility index (Phi) is 7.77. The van der Waals surface area contributed by atoms with Gasteiger partial charge in [-0.25, -0.2) is 0 Å². The summed E-state index contributed by atoms with van der Waals surface area (Å²) >= 11 is 0. The van der Waals surface area contributed by atoms with E-state index in [1.807, 2.05) is 25.1 Å². The molecule has 2 aromatic carbocycles. The third-order valence-electron chi connectivity index (χ3n) is 8.63. The fourth-order valence-electron chi connectivity index (χ4n) is 6.09. The van der Waals surface area contributed by atoms with Crippen LogP contribution in [0.25, 0.3) is 0 Å². The van der Waals surface area contributed by atoms with Crippen LogP contribution < -0.4 is 0 Å². The predicted octanol–water partition coefficient (Wildman–Crippen LogP) is 8.54. The molecule has 0 aromatic heterocycles. The first-order valence-electron chi connectivity index (χ1n) is 13.4. The van der Waals surface area contributed by atoms with Gasteiger partial charge in [0.05, 0.1) is 10.8 Å². The summed E-state index contributed by atoms with van der Waals surface area (Å²) < 4.78 is 85.0. The highest BCUT2D eigenvalue weighted by Crippen LogP contribution is 2.64. The van der Waals surface area contributed by atoms with Crippen LogP contribution in [0.1, 0.15) is 81.5 Å². The topological polar surface area (TPSA) is 3.24 Å². The van der Waals surface area contributed by atoms with Crippen molar-refractivity contribution in [2.45, 2.75) is 107 Å². The molecular weight excluding hydrogens is 488 g/mol. The van der Waals surface area contributed by atoms with E-state index in [1.165, 1.54) is 23.8 Å². The first-order chi connectivity index (χ1) is 17.4. The third kappa shape index (κ3) is 5.43. The third-order valence-corrected chi connectivity index (χ3v) is 8.63. The van der Waals surface area contributed by atoms with Crippen molar-refractivity contribution in [3.8, 4) is 0 Å². The average molecular weight is 526 g/mol. The number of hydrogen-bond acceptors (Lipinski definition) is 1. The van der Waals surface area contributed by atoms with Crippen molar-refractivity contribution >= 4 is 0 Å². The summed E-state index contributed by atoms with van der Waals surface area (Å²) in [5.74, 6) is 0. The van der Waals surface area contributed by atoms with Crippen molar-refractivity contribution in [3.63, 3.8) is 0 Å². The van der Waals surface area contributed by atoms with E-state index < -0.39 is 23.2 Å². The molecule has 0 heterocycles. The van der Waals surface area contributed by atoms with Crippen molar-refractivity contribution < 1.29 is 26.3 Å². The SMILES string of the molecule is CCC(CCc1c(C2(C(F)(F)F)CC2)cccc1C1(C(F)(F)F)CC1)N(CCc1ccccc1)C(C)C. The molecule has 2 fully saturated rings. The van der Waals surface area contributed by atoms with E-state index in [4.69, 9.17) is 0 Å². The van der Waals surface area contributed by atoms with Gasteiger partial charge in [0.15, 0.2) is 0 Å². The van der Waals surface area contributed by atoms with Gasteiger partial charge in [-0.3, -0.25) is 4.90 Å². The fraction of sp³-hybridized carbons (Fsp3) is 0.600. The van der Waals surface area contributed by atoms with Gasteiger partial charge in [0, 0.05) is 18.6 Å². The maximum absolute atomic E-state index is 14.2. The summed E-state index contributed by atoms with van der Waals surface area (Å²) in [5.41, 5.74) is -2.37. The van der Waals surface area contributed by atoms with Gasteiger partial charge < -0.3 is 0 Å². The van der Waals surface area contributed by atoms with Crippen LogP contribution in [0.4, 0.5) is 26.3 Å². The summed E-state index contributed by atoms with van der Waals surface area (Å²) in [4.78, 5) is 2.35. The maximum Gasteiger partial charge on any atom is 0.398 e. The van der Waals surface area contributed by atoms with Gasteiger partial charge >= 0.3 is 12.4 Å². The monoisotopic (exact) mass is 525 g/mol. The van der Waals surface area contributed by atoms with Gasteiger partial charge in [0.1, 0.15) is 0 Å². The summed E-state index contributed by atoms with van der Waals surface area (Å²) in [5, 5.41) is 0. The van der Waals surface area contributed by atoms with E-state index in [0.29, 0.717) is 6.42 Å². The molecule has 204 valence electrons. The first kappa shape index (κ1) is 28.0. The molecule has 0 radical (unpaired) electrons. The Labute approximate surface area is 216 Å². The fourth-order valence-corrected chi connectivity index (χ4v) is 6.09. The number of hydrogen-bond donors (Lipinski definition) is 0. The van der Waals surface area contributed by atoms with Crippen LogP contribution in [-0.2, 0) is 23.7 Å². The molecule has 1 unspecified atom stereocenters. The van der Waals surface area contributed by atoms with Crippen molar-refractivity contribution in [1.82, 2.24) is 4.90 Å². The molecule has 0 saturated heterocycles. The van der Waals surface area contributed by atoms with Gasteiger partial charge in [-0.1, -0.05) is 55.5 Å². The van der Waals surface area contributed by atoms with Crippen LogP contribution >= 0.6 is 0 Å². The summed E-state index contributed by atoms with van der Waals surface area (Å²) in [6, 6.07) is 14.6. The lowest BCUT2D eigenvalue weighted by Gasteiger charge is -2.36. The number of alkyl halides is 6. The van der Waals surface area contributed by atoms with Gasteiger partial charge in [-0.2, -0.15) is 26.3 Å². The molecule has 1 atom stereocenters. The molecule has 2 aliphatic rings. The molecular formula is C30H37F6N. The van der Waals surface area contributed by atoms with Crippen molar-refractivity contribution in [2.24, 2.45) is 0 Å². The van der Waals surface area contributed by atoms with E-state index in [0.717, 1.165) is 19.4 Å². The van der Waals surface area contributed by atoms with E-state index in [1.54, 1.807) is 0 Å². The van der Waals surface area contributed by atoms with Crippen LogP contribution in [0.2, 0.25) is 0 Å². The smallest absolute Gasteiger partial charge is 0.298 e. The number of benzene rings is 2. The lowest BCUT2D eigenvalue weighted by molar-refractivity contribution is -0.161. The lowest BCUT2D eigenvalue weighted by Crippen LogP contribution is -2.42. The average Bonchev–Trinajstić information content (AvgIpc) is 3.74. The zero-order valence-corrected chi connectivity index (χ0v) is 21.9. The minimum atomic E-state index is -4.47. The zero-order valence-electron chi connectivity index (χ0n) is 21.9.